The second-order valence-corrected chi connectivity index (χ2v) is 12.7. The van der Waals surface area contributed by atoms with Gasteiger partial charge in [0.2, 0.25) is 0 Å². The van der Waals surface area contributed by atoms with Gasteiger partial charge in [-0.25, -0.2) is 0 Å². The normalized spacial score (nSPS) is 20.3. The van der Waals surface area contributed by atoms with Gasteiger partial charge in [0.05, 0.1) is 46.2 Å². The van der Waals surface area contributed by atoms with Gasteiger partial charge in [-0.1, -0.05) is 84.9 Å². The summed E-state index contributed by atoms with van der Waals surface area (Å²) >= 11 is 0. The quantitative estimate of drug-likeness (QED) is 0.154. The molecule has 4 aromatic carbocycles. The summed E-state index contributed by atoms with van der Waals surface area (Å²) < 4.78 is 23.6. The number of ether oxygens (including phenoxy) is 4. The standard InChI is InChI=1S/C40H48N2O5/c43-39(26-32-11-12-33-9-4-5-10-35(33)25-32)38-28-41-27-36(30-46-24-19-42-17-22-44-23-18-42)40(38)34-13-15-37(16-14-34)47-21-6-20-45-29-31-7-2-1-3-8-31/h1-5,7-16,25,36,38,40-41H,6,17-24,26-30H2/t36-,38+,40-/m0/s1. The molecule has 0 aromatic heterocycles. The number of Topliss-reactive ketones (excluding diaryl/α,β-unsaturated/α-hetero) is 1. The first-order valence-corrected chi connectivity index (χ1v) is 17.2. The number of carbonyl (C=O) groups is 1. The van der Waals surface area contributed by atoms with Crippen LogP contribution in [0.4, 0.5) is 0 Å². The maximum Gasteiger partial charge on any atom is 0.142 e. The summed E-state index contributed by atoms with van der Waals surface area (Å²) in [6.07, 6.45) is 1.24. The maximum absolute atomic E-state index is 14.0. The highest BCUT2D eigenvalue weighted by molar-refractivity contribution is 5.88. The van der Waals surface area contributed by atoms with Crippen LogP contribution in [0.3, 0.4) is 0 Å². The molecule has 2 heterocycles. The number of hydrogen-bond acceptors (Lipinski definition) is 7. The maximum atomic E-state index is 14.0. The summed E-state index contributed by atoms with van der Waals surface area (Å²) in [6, 6.07) is 33.3. The minimum Gasteiger partial charge on any atom is -0.494 e. The van der Waals surface area contributed by atoms with Crippen molar-refractivity contribution in [3.63, 3.8) is 0 Å². The molecule has 2 fully saturated rings. The van der Waals surface area contributed by atoms with Crippen molar-refractivity contribution < 1.29 is 23.7 Å². The van der Waals surface area contributed by atoms with Crippen molar-refractivity contribution in [3.05, 3.63) is 114 Å². The van der Waals surface area contributed by atoms with Gasteiger partial charge in [-0.2, -0.15) is 0 Å². The molecule has 47 heavy (non-hydrogen) atoms. The Morgan fingerprint density at radius 1 is 0.787 bits per heavy atom. The van der Waals surface area contributed by atoms with Crippen molar-refractivity contribution in [3.8, 4) is 5.75 Å². The lowest BCUT2D eigenvalue weighted by Crippen LogP contribution is -2.47. The first kappa shape index (κ1) is 33.3. The first-order valence-electron chi connectivity index (χ1n) is 17.2. The molecule has 0 unspecified atom stereocenters. The molecular weight excluding hydrogens is 588 g/mol. The zero-order valence-corrected chi connectivity index (χ0v) is 27.4. The first-order chi connectivity index (χ1) is 23.2. The highest BCUT2D eigenvalue weighted by Gasteiger charge is 2.38. The number of morpholine rings is 1. The van der Waals surface area contributed by atoms with E-state index in [9.17, 15) is 4.79 Å². The third-order valence-electron chi connectivity index (χ3n) is 9.38. The highest BCUT2D eigenvalue weighted by atomic mass is 16.5. The predicted molar refractivity (Wildman–Crippen MR) is 186 cm³/mol. The molecule has 6 rings (SSSR count). The zero-order valence-electron chi connectivity index (χ0n) is 27.4. The highest BCUT2D eigenvalue weighted by Crippen LogP contribution is 2.37. The fraction of sp³-hybridized carbons (Fsp3) is 0.425. The van der Waals surface area contributed by atoms with Crippen molar-refractivity contribution in [2.45, 2.75) is 25.4 Å². The van der Waals surface area contributed by atoms with Gasteiger partial charge in [-0.15, -0.1) is 0 Å². The Morgan fingerprint density at radius 2 is 1.57 bits per heavy atom. The Labute approximate surface area is 279 Å². The van der Waals surface area contributed by atoms with Gasteiger partial charge in [0, 0.05) is 63.3 Å². The van der Waals surface area contributed by atoms with Crippen LogP contribution >= 0.6 is 0 Å². The fourth-order valence-electron chi connectivity index (χ4n) is 6.82. The largest absolute Gasteiger partial charge is 0.494 e. The van der Waals surface area contributed by atoms with Crippen LogP contribution in [0, 0.1) is 11.8 Å². The van der Waals surface area contributed by atoms with Crippen LogP contribution in [-0.4, -0.2) is 83.0 Å². The van der Waals surface area contributed by atoms with Gasteiger partial charge in [0.15, 0.2) is 0 Å². The summed E-state index contributed by atoms with van der Waals surface area (Å²) in [7, 11) is 0. The number of fused-ring (bicyclic) bond motifs is 1. The number of nitrogens with zero attached hydrogens (tertiary/aromatic N) is 1. The van der Waals surface area contributed by atoms with Gasteiger partial charge in [-0.05, 0) is 39.6 Å². The number of hydrogen-bond donors (Lipinski definition) is 1. The van der Waals surface area contributed by atoms with Crippen LogP contribution in [0.15, 0.2) is 97.1 Å². The third kappa shape index (κ3) is 9.72. The van der Waals surface area contributed by atoms with Crippen LogP contribution < -0.4 is 10.1 Å². The van der Waals surface area contributed by atoms with Gasteiger partial charge in [0.1, 0.15) is 11.5 Å². The van der Waals surface area contributed by atoms with Crippen LogP contribution in [0.5, 0.6) is 5.75 Å². The van der Waals surface area contributed by atoms with Gasteiger partial charge >= 0.3 is 0 Å². The number of benzene rings is 4. The lowest BCUT2D eigenvalue weighted by Gasteiger charge is -2.38. The van der Waals surface area contributed by atoms with E-state index in [0.29, 0.717) is 46.0 Å². The molecule has 7 nitrogen and oxygen atoms in total. The van der Waals surface area contributed by atoms with E-state index >= 15 is 0 Å². The molecule has 0 amide bonds. The molecule has 0 spiro atoms. The molecule has 4 aromatic rings. The van der Waals surface area contributed by atoms with E-state index in [1.54, 1.807) is 0 Å². The van der Waals surface area contributed by atoms with E-state index in [-0.39, 0.29) is 23.5 Å². The van der Waals surface area contributed by atoms with Crippen molar-refractivity contribution >= 4 is 16.6 Å². The van der Waals surface area contributed by atoms with Crippen LogP contribution in [0.2, 0.25) is 0 Å². The van der Waals surface area contributed by atoms with Crippen molar-refractivity contribution in [2.24, 2.45) is 11.8 Å². The number of carbonyl (C=O) groups excluding carboxylic acids is 1. The van der Waals surface area contributed by atoms with Crippen molar-refractivity contribution in [2.75, 3.05) is 72.4 Å². The average Bonchev–Trinajstić information content (AvgIpc) is 3.12. The second kappa shape index (κ2) is 17.5. The Kier molecular flexibility index (Phi) is 12.4. The monoisotopic (exact) mass is 636 g/mol. The molecule has 7 heteroatoms. The molecule has 0 bridgehead atoms. The molecule has 0 saturated carbocycles. The lowest BCUT2D eigenvalue weighted by atomic mass is 9.72. The lowest BCUT2D eigenvalue weighted by molar-refractivity contribution is -0.124. The molecular formula is C40H48N2O5. The van der Waals surface area contributed by atoms with E-state index < -0.39 is 0 Å². The molecule has 2 saturated heterocycles. The molecule has 3 atom stereocenters. The minimum absolute atomic E-state index is 0.0630. The number of rotatable bonds is 16. The molecule has 0 radical (unpaired) electrons. The smallest absolute Gasteiger partial charge is 0.142 e. The summed E-state index contributed by atoms with van der Waals surface area (Å²) in [5, 5.41) is 5.93. The van der Waals surface area contributed by atoms with Gasteiger partial charge < -0.3 is 24.3 Å². The summed E-state index contributed by atoms with van der Waals surface area (Å²) in [5.74, 6) is 1.21. The summed E-state index contributed by atoms with van der Waals surface area (Å²) in [6.45, 7) is 9.04. The van der Waals surface area contributed by atoms with E-state index in [1.807, 2.05) is 42.5 Å². The van der Waals surface area contributed by atoms with E-state index in [0.717, 1.165) is 57.1 Å². The topological polar surface area (TPSA) is 69.3 Å². The predicted octanol–water partition coefficient (Wildman–Crippen LogP) is 5.91. The Morgan fingerprint density at radius 3 is 2.40 bits per heavy atom. The molecule has 248 valence electrons. The molecule has 2 aliphatic rings. The SMILES string of the molecule is O=C(Cc1ccc2ccccc2c1)[C@H]1CNC[C@@H](COCCN2CCOCC2)[C@@H]1c1ccc(OCCCOCc2ccccc2)cc1. The van der Waals surface area contributed by atoms with Crippen molar-refractivity contribution in [1.82, 2.24) is 10.2 Å². The fourth-order valence-corrected chi connectivity index (χ4v) is 6.82. The van der Waals surface area contributed by atoms with Crippen LogP contribution in [-0.2, 0) is 32.0 Å². The summed E-state index contributed by atoms with van der Waals surface area (Å²) in [4.78, 5) is 16.4. The Hall–Kier alpha value is -3.59. The Balaban J connectivity index is 1.08. The second-order valence-electron chi connectivity index (χ2n) is 12.7. The molecule has 0 aliphatic carbocycles. The van der Waals surface area contributed by atoms with Crippen LogP contribution in [0.1, 0.15) is 29.0 Å². The minimum atomic E-state index is -0.142. The average molecular weight is 637 g/mol. The van der Waals surface area contributed by atoms with E-state index in [2.05, 4.69) is 64.8 Å². The molecule has 1 N–H and O–H groups in total. The third-order valence-corrected chi connectivity index (χ3v) is 9.38. The van der Waals surface area contributed by atoms with E-state index in [4.69, 9.17) is 18.9 Å². The Bertz CT molecular complexity index is 1520. The number of piperidine rings is 1. The van der Waals surface area contributed by atoms with Gasteiger partial charge in [-0.3, -0.25) is 9.69 Å². The summed E-state index contributed by atoms with van der Waals surface area (Å²) in [5.41, 5.74) is 3.41. The zero-order chi connectivity index (χ0) is 32.1. The number of ketones is 1. The van der Waals surface area contributed by atoms with Gasteiger partial charge in [0.25, 0.3) is 0 Å². The molecule has 2 aliphatic heterocycles. The number of nitrogens with one attached hydrogen (secondary N) is 1. The van der Waals surface area contributed by atoms with E-state index in [1.165, 1.54) is 21.9 Å². The van der Waals surface area contributed by atoms with Crippen molar-refractivity contribution in [1.29, 1.82) is 0 Å². The van der Waals surface area contributed by atoms with Crippen LogP contribution in [0.25, 0.3) is 10.8 Å².